The second-order valence-electron chi connectivity index (χ2n) is 7.17. The summed E-state index contributed by atoms with van der Waals surface area (Å²) in [6, 6.07) is 7.95. The van der Waals surface area contributed by atoms with Gasteiger partial charge < -0.3 is 15.2 Å². The first-order valence-corrected chi connectivity index (χ1v) is 12.5. The number of nitrogens with two attached hydrogens (primary N) is 1. The number of methoxy groups -OCH3 is 1. The van der Waals surface area contributed by atoms with E-state index in [2.05, 4.69) is 69.6 Å². The van der Waals surface area contributed by atoms with E-state index in [1.807, 2.05) is 6.07 Å². The van der Waals surface area contributed by atoms with E-state index in [4.69, 9.17) is 15.2 Å². The third-order valence-corrected chi connectivity index (χ3v) is 7.20. The molecule has 1 aromatic heterocycles. The van der Waals surface area contributed by atoms with Crippen molar-refractivity contribution in [1.82, 2.24) is 15.6 Å². The number of halogens is 1. The molecule has 3 N–H and O–H groups in total. The van der Waals surface area contributed by atoms with Gasteiger partial charge in [0.2, 0.25) is 5.13 Å². The summed E-state index contributed by atoms with van der Waals surface area (Å²) in [6.07, 6.45) is 1.54. The van der Waals surface area contributed by atoms with E-state index >= 15 is 0 Å². The summed E-state index contributed by atoms with van der Waals surface area (Å²) < 4.78 is 13.0. The van der Waals surface area contributed by atoms with Gasteiger partial charge in [0.05, 0.1) is 23.5 Å². The quantitative estimate of drug-likeness (QED) is 0.227. The van der Waals surface area contributed by atoms with Crippen molar-refractivity contribution in [2.45, 2.75) is 31.7 Å². The molecule has 1 heterocycles. The number of anilines is 1. The summed E-state index contributed by atoms with van der Waals surface area (Å²) >= 11 is 6.03. The minimum absolute atomic E-state index is 0.156. The average Bonchev–Trinajstić information content (AvgIpc) is 3.19. The molecule has 0 fully saturated rings. The maximum atomic E-state index is 12.0. The third kappa shape index (κ3) is 6.92. The van der Waals surface area contributed by atoms with Crippen LogP contribution in [0.3, 0.4) is 0 Å². The van der Waals surface area contributed by atoms with Crippen LogP contribution < -0.4 is 20.6 Å². The lowest BCUT2D eigenvalue weighted by atomic mass is 10.0. The highest BCUT2D eigenvalue weighted by atomic mass is 79.9. The second kappa shape index (κ2) is 11.5. The fraction of sp³-hybridized carbons (Fsp3) is 0.273. The number of carbonyl (C=O) groups excluding carboxylic acids is 1. The fourth-order valence-electron chi connectivity index (χ4n) is 2.90. The number of hydrogen-bond acceptors (Lipinski definition) is 9. The van der Waals surface area contributed by atoms with Crippen LogP contribution >= 0.6 is 39.0 Å². The van der Waals surface area contributed by atoms with Crippen molar-refractivity contribution < 1.29 is 14.3 Å². The zero-order valence-corrected chi connectivity index (χ0v) is 21.9. The van der Waals surface area contributed by atoms with Gasteiger partial charge in [-0.1, -0.05) is 35.2 Å². The molecule has 0 saturated heterocycles. The van der Waals surface area contributed by atoms with Crippen LogP contribution in [0, 0.1) is 20.8 Å². The monoisotopic (exact) mass is 549 g/mol. The van der Waals surface area contributed by atoms with Gasteiger partial charge in [-0.15, -0.1) is 10.2 Å². The number of hydrogen-bond donors (Lipinski definition) is 2. The molecule has 0 atom stereocenters. The first kappa shape index (κ1) is 25.0. The highest BCUT2D eigenvalue weighted by Crippen LogP contribution is 2.37. The predicted molar refractivity (Wildman–Crippen MR) is 136 cm³/mol. The Morgan fingerprint density at radius 2 is 1.97 bits per heavy atom. The van der Waals surface area contributed by atoms with E-state index in [-0.39, 0.29) is 11.7 Å². The molecule has 11 heteroatoms. The molecule has 8 nitrogen and oxygen atoms in total. The standard InChI is InChI=1S/C22H24BrN5O3S2/c1-12-5-14(3)16(6-13(12)2)10-31-20-17(23)7-15(8-18(20)30-4)9-25-26-19(29)11-32-22-28-27-21(24)33-22/h5-9H,10-11H2,1-4H3,(H2,24,27)(H,26,29). The summed E-state index contributed by atoms with van der Waals surface area (Å²) in [5.41, 5.74) is 13.5. The van der Waals surface area contributed by atoms with Crippen LogP contribution in [0.1, 0.15) is 27.8 Å². The number of nitrogens with zero attached hydrogens (tertiary/aromatic N) is 3. The molecule has 1 amide bonds. The van der Waals surface area contributed by atoms with Gasteiger partial charge in [0.25, 0.3) is 5.91 Å². The van der Waals surface area contributed by atoms with E-state index in [9.17, 15) is 4.79 Å². The second-order valence-corrected chi connectivity index (χ2v) is 10.3. The van der Waals surface area contributed by atoms with Crippen LogP contribution in [0.5, 0.6) is 11.5 Å². The van der Waals surface area contributed by atoms with Crippen molar-refractivity contribution in [3.8, 4) is 11.5 Å². The zero-order valence-electron chi connectivity index (χ0n) is 18.6. The number of rotatable bonds is 9. The predicted octanol–water partition coefficient (Wildman–Crippen LogP) is 4.64. The van der Waals surface area contributed by atoms with Crippen molar-refractivity contribution in [3.63, 3.8) is 0 Å². The highest BCUT2D eigenvalue weighted by Gasteiger charge is 2.13. The number of aromatic nitrogens is 2. The topological polar surface area (TPSA) is 112 Å². The van der Waals surface area contributed by atoms with Gasteiger partial charge in [-0.2, -0.15) is 5.10 Å². The Labute approximate surface area is 209 Å². The summed E-state index contributed by atoms with van der Waals surface area (Å²) in [5.74, 6) is 1.05. The summed E-state index contributed by atoms with van der Waals surface area (Å²) in [6.45, 7) is 6.69. The van der Waals surface area contributed by atoms with Crippen LogP contribution in [0.25, 0.3) is 0 Å². The lowest BCUT2D eigenvalue weighted by Crippen LogP contribution is -2.19. The molecule has 3 aromatic rings. The van der Waals surface area contributed by atoms with Crippen molar-refractivity contribution in [1.29, 1.82) is 0 Å². The first-order chi connectivity index (χ1) is 15.8. The molecule has 0 aliphatic carbocycles. The Bertz CT molecular complexity index is 1180. The van der Waals surface area contributed by atoms with Gasteiger partial charge in [0, 0.05) is 0 Å². The Balaban J connectivity index is 1.62. The number of ether oxygens (including phenoxy) is 2. The number of amides is 1. The molecule has 0 aliphatic heterocycles. The van der Waals surface area contributed by atoms with Crippen molar-refractivity contribution in [2.75, 3.05) is 18.6 Å². The number of hydrazone groups is 1. The van der Waals surface area contributed by atoms with Gasteiger partial charge in [-0.05, 0) is 76.7 Å². The molecule has 3 rings (SSSR count). The molecule has 0 spiro atoms. The number of carbonyl (C=O) groups is 1. The van der Waals surface area contributed by atoms with Crippen LogP contribution in [-0.2, 0) is 11.4 Å². The van der Waals surface area contributed by atoms with Crippen LogP contribution in [-0.4, -0.2) is 35.2 Å². The molecular weight excluding hydrogens is 526 g/mol. The van der Waals surface area contributed by atoms with E-state index in [0.29, 0.717) is 27.6 Å². The molecule has 0 aliphatic rings. The summed E-state index contributed by atoms with van der Waals surface area (Å²) in [4.78, 5) is 12.0. The largest absolute Gasteiger partial charge is 0.493 e. The smallest absolute Gasteiger partial charge is 0.250 e. The van der Waals surface area contributed by atoms with Gasteiger partial charge >= 0.3 is 0 Å². The van der Waals surface area contributed by atoms with E-state index in [1.54, 1.807) is 13.2 Å². The maximum absolute atomic E-state index is 12.0. The van der Waals surface area contributed by atoms with Gasteiger partial charge in [0.15, 0.2) is 15.8 Å². The summed E-state index contributed by atoms with van der Waals surface area (Å²) in [5, 5.41) is 11.9. The number of nitrogens with one attached hydrogen (secondary N) is 1. The fourth-order valence-corrected chi connectivity index (χ4v) is 4.90. The van der Waals surface area contributed by atoms with Crippen LogP contribution in [0.4, 0.5) is 5.13 Å². The number of benzene rings is 2. The van der Waals surface area contributed by atoms with E-state index in [1.165, 1.54) is 46.0 Å². The molecular formula is C22H24BrN5O3S2. The Kier molecular flexibility index (Phi) is 8.70. The minimum Gasteiger partial charge on any atom is -0.493 e. The Morgan fingerprint density at radius 3 is 2.67 bits per heavy atom. The first-order valence-electron chi connectivity index (χ1n) is 9.87. The molecule has 33 heavy (non-hydrogen) atoms. The van der Waals surface area contributed by atoms with Gasteiger partial charge in [0.1, 0.15) is 6.61 Å². The minimum atomic E-state index is -0.264. The molecule has 0 unspecified atom stereocenters. The van der Waals surface area contributed by atoms with Gasteiger partial charge in [-0.3, -0.25) is 4.79 Å². The average molecular weight is 551 g/mol. The van der Waals surface area contributed by atoms with Crippen molar-refractivity contribution in [2.24, 2.45) is 5.10 Å². The van der Waals surface area contributed by atoms with Crippen molar-refractivity contribution in [3.05, 3.63) is 56.6 Å². The SMILES string of the molecule is COc1cc(C=NNC(=O)CSc2nnc(N)s2)cc(Br)c1OCc1cc(C)c(C)cc1C. The van der Waals surface area contributed by atoms with E-state index < -0.39 is 0 Å². The lowest BCUT2D eigenvalue weighted by molar-refractivity contribution is -0.118. The summed E-state index contributed by atoms with van der Waals surface area (Å²) in [7, 11) is 1.58. The molecule has 0 saturated carbocycles. The molecule has 174 valence electrons. The molecule has 0 radical (unpaired) electrons. The number of aryl methyl sites for hydroxylation is 3. The van der Waals surface area contributed by atoms with E-state index in [0.717, 1.165) is 15.6 Å². The van der Waals surface area contributed by atoms with Gasteiger partial charge in [-0.25, -0.2) is 5.43 Å². The van der Waals surface area contributed by atoms with Crippen LogP contribution in [0.15, 0.2) is 38.2 Å². The maximum Gasteiger partial charge on any atom is 0.250 e. The lowest BCUT2D eigenvalue weighted by Gasteiger charge is -2.15. The highest BCUT2D eigenvalue weighted by molar-refractivity contribution is 9.10. The molecule has 0 bridgehead atoms. The molecule has 2 aromatic carbocycles. The Hall–Kier alpha value is -2.63. The number of nitrogen functional groups attached to an aromatic ring is 1. The Morgan fingerprint density at radius 1 is 1.21 bits per heavy atom. The van der Waals surface area contributed by atoms with Crippen molar-refractivity contribution >= 4 is 56.3 Å². The van der Waals surface area contributed by atoms with Crippen LogP contribution in [0.2, 0.25) is 0 Å². The third-order valence-electron chi connectivity index (χ3n) is 4.73. The number of thioether (sulfide) groups is 1. The zero-order chi connectivity index (χ0) is 24.0. The normalized spacial score (nSPS) is 11.1.